The Bertz CT molecular complexity index is 1460. The van der Waals surface area contributed by atoms with Crippen LogP contribution < -0.4 is 10.3 Å². The van der Waals surface area contributed by atoms with Crippen molar-refractivity contribution in [2.75, 3.05) is 19.7 Å². The molecule has 0 N–H and O–H groups in total. The zero-order valence-corrected chi connectivity index (χ0v) is 20.6. The van der Waals surface area contributed by atoms with Crippen LogP contribution in [0.3, 0.4) is 0 Å². The van der Waals surface area contributed by atoms with Gasteiger partial charge in [-0.3, -0.25) is 9.59 Å². The molecule has 0 spiro atoms. The lowest BCUT2D eigenvalue weighted by molar-refractivity contribution is 0.0654. The summed E-state index contributed by atoms with van der Waals surface area (Å²) in [7, 11) is 0. The smallest absolute Gasteiger partial charge is 0.275 e. The topological polar surface area (TPSA) is 56.5 Å². The Kier molecular flexibility index (Phi) is 4.02. The quantitative estimate of drug-likeness (QED) is 0.576. The summed E-state index contributed by atoms with van der Waals surface area (Å²) in [5.41, 5.74) is 4.96. The minimum atomic E-state index is -0.112. The van der Waals surface area contributed by atoms with E-state index in [-0.39, 0.29) is 27.7 Å². The summed E-state index contributed by atoms with van der Waals surface area (Å²) in [6.07, 6.45) is 7.32. The second kappa shape index (κ2) is 6.68. The highest BCUT2D eigenvalue weighted by molar-refractivity contribution is 5.93. The summed E-state index contributed by atoms with van der Waals surface area (Å²) in [5, 5.41) is 0. The molecule has 2 fully saturated rings. The number of ether oxygens (including phenoxy) is 1. The van der Waals surface area contributed by atoms with Gasteiger partial charge in [-0.1, -0.05) is 26.0 Å². The highest BCUT2D eigenvalue weighted by atomic mass is 16.5. The van der Waals surface area contributed by atoms with Crippen LogP contribution in [0.15, 0.2) is 53.6 Å². The van der Waals surface area contributed by atoms with Crippen LogP contribution in [0.5, 0.6) is 5.75 Å². The van der Waals surface area contributed by atoms with E-state index in [2.05, 4.69) is 32.0 Å². The summed E-state index contributed by atoms with van der Waals surface area (Å²) in [6.45, 7) is 9.05. The van der Waals surface area contributed by atoms with Crippen LogP contribution in [0.2, 0.25) is 0 Å². The highest BCUT2D eigenvalue weighted by Crippen LogP contribution is 2.69. The van der Waals surface area contributed by atoms with Crippen LogP contribution in [0.4, 0.5) is 0 Å². The lowest BCUT2D eigenvalue weighted by atomic mass is 9.81. The summed E-state index contributed by atoms with van der Waals surface area (Å²) in [6, 6.07) is 12.3. The van der Waals surface area contributed by atoms with E-state index < -0.39 is 0 Å². The van der Waals surface area contributed by atoms with Gasteiger partial charge in [0.2, 0.25) is 0 Å². The molecule has 0 radical (unpaired) electrons. The molecule has 1 amide bonds. The van der Waals surface area contributed by atoms with Crippen molar-refractivity contribution in [2.24, 2.45) is 5.41 Å². The van der Waals surface area contributed by atoms with E-state index in [1.54, 1.807) is 10.6 Å². The van der Waals surface area contributed by atoms with Gasteiger partial charge in [-0.05, 0) is 67.0 Å². The van der Waals surface area contributed by atoms with Gasteiger partial charge in [-0.25, -0.2) is 0 Å². The first-order chi connectivity index (χ1) is 16.7. The average molecular weight is 470 g/mol. The van der Waals surface area contributed by atoms with Gasteiger partial charge in [0.15, 0.2) is 0 Å². The molecule has 1 aromatic carbocycles. The van der Waals surface area contributed by atoms with E-state index in [4.69, 9.17) is 4.74 Å². The molecule has 2 saturated carbocycles. The molecule has 4 aliphatic rings. The fourth-order valence-electron chi connectivity index (χ4n) is 6.47. The summed E-state index contributed by atoms with van der Waals surface area (Å²) < 4.78 is 9.68. The van der Waals surface area contributed by atoms with Crippen LogP contribution in [-0.4, -0.2) is 39.6 Å². The second-order valence-electron chi connectivity index (χ2n) is 11.8. The first-order valence-electron chi connectivity index (χ1n) is 12.7. The predicted molar refractivity (Wildman–Crippen MR) is 134 cm³/mol. The third-order valence-corrected chi connectivity index (χ3v) is 9.29. The standard InChI is InChI=1S/C29H31N3O3/c1-19-8-11-30(15-19)22-5-6-23-25(33)31(12-13-32(23)26(22)34)17-29-16-28(29,3)18-35-24-7-4-20(14-21(24)29)27(2)9-10-27/h4-8,11,14-15H,9-10,12-13,16-18H2,1-3H3/t28-,29-/m1/s1. The Morgan fingerprint density at radius 3 is 2.60 bits per heavy atom. The van der Waals surface area contributed by atoms with E-state index in [1.807, 2.05) is 40.9 Å². The molecule has 2 aromatic heterocycles. The van der Waals surface area contributed by atoms with Gasteiger partial charge in [0.25, 0.3) is 11.5 Å². The molecule has 180 valence electrons. The Morgan fingerprint density at radius 2 is 1.86 bits per heavy atom. The van der Waals surface area contributed by atoms with E-state index in [0.29, 0.717) is 37.6 Å². The number of aryl methyl sites for hydroxylation is 1. The Morgan fingerprint density at radius 1 is 1.03 bits per heavy atom. The number of amides is 1. The molecule has 6 nitrogen and oxygen atoms in total. The van der Waals surface area contributed by atoms with Crippen LogP contribution in [0, 0.1) is 12.3 Å². The average Bonchev–Trinajstić information content (AvgIpc) is 3.68. The minimum Gasteiger partial charge on any atom is -0.493 e. The van der Waals surface area contributed by atoms with Gasteiger partial charge in [0.05, 0.1) is 6.61 Å². The normalized spacial score (nSPS) is 27.5. The third kappa shape index (κ3) is 2.88. The number of carbonyl (C=O) groups is 1. The molecule has 0 saturated heterocycles. The van der Waals surface area contributed by atoms with Gasteiger partial charge in [0, 0.05) is 48.4 Å². The molecule has 2 atom stereocenters. The lowest BCUT2D eigenvalue weighted by Gasteiger charge is -2.37. The largest absolute Gasteiger partial charge is 0.493 e. The van der Waals surface area contributed by atoms with E-state index in [1.165, 1.54) is 24.0 Å². The van der Waals surface area contributed by atoms with Crippen LogP contribution in [0.1, 0.15) is 60.3 Å². The molecule has 6 heteroatoms. The Hall–Kier alpha value is -3.28. The first-order valence-corrected chi connectivity index (χ1v) is 12.7. The second-order valence-corrected chi connectivity index (χ2v) is 11.8. The summed E-state index contributed by atoms with van der Waals surface area (Å²) >= 11 is 0. The molecule has 35 heavy (non-hydrogen) atoms. The zero-order valence-electron chi connectivity index (χ0n) is 20.6. The molecule has 7 rings (SSSR count). The number of nitrogens with zero attached hydrogens (tertiary/aromatic N) is 3. The van der Waals surface area contributed by atoms with E-state index >= 15 is 0 Å². The van der Waals surface area contributed by atoms with Crippen LogP contribution in [0.25, 0.3) is 5.69 Å². The molecular formula is C29H31N3O3. The molecule has 2 aliphatic heterocycles. The van der Waals surface area contributed by atoms with Crippen molar-refractivity contribution in [3.63, 3.8) is 0 Å². The monoisotopic (exact) mass is 469 g/mol. The maximum Gasteiger partial charge on any atom is 0.275 e. The fraction of sp³-hybridized carbons (Fsp3) is 0.448. The van der Waals surface area contributed by atoms with Crippen molar-refractivity contribution in [2.45, 2.75) is 57.4 Å². The summed E-state index contributed by atoms with van der Waals surface area (Å²) in [4.78, 5) is 28.9. The molecule has 0 unspecified atom stereocenters. The van der Waals surface area contributed by atoms with Crippen LogP contribution >= 0.6 is 0 Å². The number of benzene rings is 1. The molecule has 4 heterocycles. The van der Waals surface area contributed by atoms with Gasteiger partial charge < -0.3 is 18.8 Å². The number of rotatable bonds is 4. The lowest BCUT2D eigenvalue weighted by Crippen LogP contribution is -2.49. The molecule has 2 aliphatic carbocycles. The molecular weight excluding hydrogens is 438 g/mol. The van der Waals surface area contributed by atoms with Crippen molar-refractivity contribution >= 4 is 5.91 Å². The zero-order chi connectivity index (χ0) is 24.2. The first kappa shape index (κ1) is 21.0. The minimum absolute atomic E-state index is 0.0383. The number of hydrogen-bond donors (Lipinski definition) is 0. The number of pyridine rings is 1. The van der Waals surface area contributed by atoms with Crippen LogP contribution in [-0.2, 0) is 17.4 Å². The third-order valence-electron chi connectivity index (χ3n) is 9.29. The maximum absolute atomic E-state index is 13.6. The number of hydrogen-bond acceptors (Lipinski definition) is 3. The van der Waals surface area contributed by atoms with Crippen molar-refractivity contribution in [3.05, 3.63) is 81.5 Å². The number of carbonyl (C=O) groups excluding carboxylic acids is 1. The van der Waals surface area contributed by atoms with Gasteiger partial charge in [-0.2, -0.15) is 0 Å². The highest BCUT2D eigenvalue weighted by Gasteiger charge is 2.69. The number of fused-ring (bicyclic) bond motifs is 4. The molecule has 0 bridgehead atoms. The molecule has 3 aromatic rings. The Balaban J connectivity index is 1.22. The van der Waals surface area contributed by atoms with Gasteiger partial charge >= 0.3 is 0 Å². The maximum atomic E-state index is 13.6. The summed E-state index contributed by atoms with van der Waals surface area (Å²) in [5.74, 6) is 0.922. The van der Waals surface area contributed by atoms with Gasteiger partial charge in [-0.15, -0.1) is 0 Å². The van der Waals surface area contributed by atoms with E-state index in [9.17, 15) is 9.59 Å². The van der Waals surface area contributed by atoms with Crippen molar-refractivity contribution in [1.29, 1.82) is 0 Å². The van der Waals surface area contributed by atoms with Crippen molar-refractivity contribution in [3.8, 4) is 11.4 Å². The number of aromatic nitrogens is 2. The SMILES string of the molecule is Cc1ccn(-c2ccc3n(c2=O)CCN(C[C@@]24C[C@]2(C)COc2ccc(C5(C)CC5)cc24)C3=O)c1. The van der Waals surface area contributed by atoms with Gasteiger partial charge in [0.1, 0.15) is 17.1 Å². The fourth-order valence-corrected chi connectivity index (χ4v) is 6.47. The van der Waals surface area contributed by atoms with E-state index in [0.717, 1.165) is 17.7 Å². The Labute approximate surface area is 205 Å². The predicted octanol–water partition coefficient (Wildman–Crippen LogP) is 4.20. The van der Waals surface area contributed by atoms with Crippen molar-refractivity contribution in [1.82, 2.24) is 14.0 Å². The van der Waals surface area contributed by atoms with Crippen molar-refractivity contribution < 1.29 is 9.53 Å².